The number of piperidine rings is 1. The minimum absolute atomic E-state index is 0.0176. The Labute approximate surface area is 172 Å². The number of aliphatic hydroxyl groups is 1. The van der Waals surface area contributed by atoms with Crippen molar-refractivity contribution in [3.05, 3.63) is 60.2 Å². The molecule has 5 nitrogen and oxygen atoms in total. The molecular formula is C24H30N2O3. The number of nitrogens with zero attached hydrogens (tertiary/aromatic N) is 1. The monoisotopic (exact) mass is 394 g/mol. The summed E-state index contributed by atoms with van der Waals surface area (Å²) in [7, 11) is 1.66. The summed E-state index contributed by atoms with van der Waals surface area (Å²) >= 11 is 0. The van der Waals surface area contributed by atoms with Crippen LogP contribution < -0.4 is 10.1 Å². The molecule has 5 heteroatoms. The molecule has 2 aromatic carbocycles. The van der Waals surface area contributed by atoms with Crippen molar-refractivity contribution in [2.24, 2.45) is 5.92 Å². The Morgan fingerprint density at radius 1 is 1.14 bits per heavy atom. The van der Waals surface area contributed by atoms with Crippen molar-refractivity contribution in [3.8, 4) is 5.75 Å². The predicted octanol–water partition coefficient (Wildman–Crippen LogP) is 4.00. The fourth-order valence-corrected chi connectivity index (χ4v) is 5.07. The number of anilines is 1. The first-order valence-electron chi connectivity index (χ1n) is 10.5. The Balaban J connectivity index is 1.57. The molecular weight excluding hydrogens is 364 g/mol. The van der Waals surface area contributed by atoms with Crippen molar-refractivity contribution >= 4 is 11.6 Å². The van der Waals surface area contributed by atoms with Crippen LogP contribution in [0.15, 0.2) is 54.6 Å². The molecule has 0 unspecified atom stereocenters. The van der Waals surface area contributed by atoms with E-state index in [0.29, 0.717) is 13.1 Å². The third kappa shape index (κ3) is 4.31. The quantitative estimate of drug-likeness (QED) is 0.805. The zero-order valence-electron chi connectivity index (χ0n) is 17.0. The summed E-state index contributed by atoms with van der Waals surface area (Å²) in [6.45, 7) is 1.03. The van der Waals surface area contributed by atoms with E-state index in [-0.39, 0.29) is 17.9 Å². The van der Waals surface area contributed by atoms with Crippen molar-refractivity contribution in [1.29, 1.82) is 0 Å². The van der Waals surface area contributed by atoms with Crippen LogP contribution >= 0.6 is 0 Å². The fraction of sp³-hybridized carbons (Fsp3) is 0.458. The maximum atomic E-state index is 12.8. The predicted molar refractivity (Wildman–Crippen MR) is 114 cm³/mol. The van der Waals surface area contributed by atoms with Crippen LogP contribution in [0.25, 0.3) is 0 Å². The molecule has 1 heterocycles. The van der Waals surface area contributed by atoms with Gasteiger partial charge in [-0.15, -0.1) is 0 Å². The number of amides is 1. The van der Waals surface area contributed by atoms with E-state index in [1.165, 1.54) is 0 Å². The van der Waals surface area contributed by atoms with Crippen LogP contribution in [-0.4, -0.2) is 41.7 Å². The van der Waals surface area contributed by atoms with Crippen LogP contribution in [0.1, 0.15) is 43.7 Å². The van der Waals surface area contributed by atoms with Crippen molar-refractivity contribution in [3.63, 3.8) is 0 Å². The van der Waals surface area contributed by atoms with Gasteiger partial charge in [0.1, 0.15) is 5.75 Å². The number of likely N-dealkylation sites (tertiary alicyclic amines) is 1. The van der Waals surface area contributed by atoms with Crippen LogP contribution in [-0.2, 0) is 4.79 Å². The molecule has 0 spiro atoms. The second kappa shape index (κ2) is 8.56. The Kier molecular flexibility index (Phi) is 5.88. The normalized spacial score (nSPS) is 27.1. The molecule has 154 valence electrons. The van der Waals surface area contributed by atoms with E-state index >= 15 is 0 Å². The smallest absolute Gasteiger partial charge is 0.238 e. The number of benzene rings is 2. The summed E-state index contributed by atoms with van der Waals surface area (Å²) in [6, 6.07) is 17.7. The van der Waals surface area contributed by atoms with Crippen molar-refractivity contribution < 1.29 is 14.6 Å². The average molecular weight is 395 g/mol. The Morgan fingerprint density at radius 3 is 2.62 bits per heavy atom. The van der Waals surface area contributed by atoms with E-state index in [1.54, 1.807) is 7.11 Å². The molecule has 3 atom stereocenters. The van der Waals surface area contributed by atoms with Gasteiger partial charge in [-0.2, -0.15) is 0 Å². The van der Waals surface area contributed by atoms with Crippen LogP contribution in [0.2, 0.25) is 0 Å². The van der Waals surface area contributed by atoms with Crippen LogP contribution in [0.5, 0.6) is 5.75 Å². The van der Waals surface area contributed by atoms with Gasteiger partial charge in [0.05, 0.1) is 19.3 Å². The highest BCUT2D eigenvalue weighted by Gasteiger charge is 2.49. The molecule has 29 heavy (non-hydrogen) atoms. The molecule has 1 saturated carbocycles. The first-order valence-corrected chi connectivity index (χ1v) is 10.5. The molecule has 0 bridgehead atoms. The lowest BCUT2D eigenvalue weighted by atomic mass is 9.66. The topological polar surface area (TPSA) is 61.8 Å². The standard InChI is InChI=1S/C24H30N2O3/c1-29-20-12-10-18(11-13-20)23-21-9-5-6-14-24(21,28)15-16-26(23)17-22(27)25-19-7-3-2-4-8-19/h2-4,7-8,10-13,21,23,28H,5-6,9,14-17H2,1H3,(H,25,27)/t21-,23-,24+/m0/s1. The lowest BCUT2D eigenvalue weighted by molar-refractivity contribution is -0.135. The minimum atomic E-state index is -0.630. The molecule has 1 aliphatic heterocycles. The molecule has 1 aliphatic carbocycles. The molecule has 2 N–H and O–H groups in total. The third-order valence-electron chi connectivity index (χ3n) is 6.53. The van der Waals surface area contributed by atoms with Gasteiger partial charge in [0.2, 0.25) is 5.91 Å². The lowest BCUT2D eigenvalue weighted by Crippen LogP contribution is -2.56. The molecule has 2 aromatic rings. The molecule has 0 aromatic heterocycles. The second-order valence-electron chi connectivity index (χ2n) is 8.31. The van der Waals surface area contributed by atoms with E-state index in [9.17, 15) is 9.90 Å². The maximum absolute atomic E-state index is 12.8. The van der Waals surface area contributed by atoms with E-state index < -0.39 is 5.60 Å². The highest BCUT2D eigenvalue weighted by Crippen LogP contribution is 2.49. The van der Waals surface area contributed by atoms with Gasteiger partial charge >= 0.3 is 0 Å². The van der Waals surface area contributed by atoms with E-state index in [4.69, 9.17) is 4.74 Å². The van der Waals surface area contributed by atoms with Crippen molar-refractivity contribution in [2.45, 2.75) is 43.7 Å². The van der Waals surface area contributed by atoms with Gasteiger partial charge in [-0.1, -0.05) is 43.2 Å². The van der Waals surface area contributed by atoms with Gasteiger partial charge in [0.15, 0.2) is 0 Å². The van der Waals surface area contributed by atoms with Gasteiger partial charge in [0, 0.05) is 24.2 Å². The summed E-state index contributed by atoms with van der Waals surface area (Å²) in [5.74, 6) is 0.940. The first-order chi connectivity index (χ1) is 14.1. The number of nitrogens with one attached hydrogen (secondary N) is 1. The molecule has 2 fully saturated rings. The van der Waals surface area contributed by atoms with Gasteiger partial charge in [-0.25, -0.2) is 0 Å². The van der Waals surface area contributed by atoms with Crippen LogP contribution in [0.4, 0.5) is 5.69 Å². The average Bonchev–Trinajstić information content (AvgIpc) is 2.74. The zero-order valence-corrected chi connectivity index (χ0v) is 17.0. The molecule has 4 rings (SSSR count). The highest BCUT2D eigenvalue weighted by molar-refractivity contribution is 5.92. The van der Waals surface area contributed by atoms with E-state index in [0.717, 1.165) is 49.1 Å². The van der Waals surface area contributed by atoms with E-state index in [1.807, 2.05) is 42.5 Å². The summed E-state index contributed by atoms with van der Waals surface area (Å²) in [5, 5.41) is 14.4. The highest BCUT2D eigenvalue weighted by atomic mass is 16.5. The minimum Gasteiger partial charge on any atom is -0.497 e. The molecule has 2 aliphatic rings. The molecule has 1 amide bonds. The largest absolute Gasteiger partial charge is 0.497 e. The SMILES string of the molecule is COc1ccc([C@H]2[C@@H]3CCCC[C@@]3(O)CCN2CC(=O)Nc2ccccc2)cc1. The summed E-state index contributed by atoms with van der Waals surface area (Å²) in [5.41, 5.74) is 1.32. The summed E-state index contributed by atoms with van der Waals surface area (Å²) in [6.07, 6.45) is 4.78. The number of fused-ring (bicyclic) bond motifs is 1. The first kappa shape index (κ1) is 19.9. The van der Waals surface area contributed by atoms with Crippen molar-refractivity contribution in [1.82, 2.24) is 4.90 Å². The van der Waals surface area contributed by atoms with Crippen molar-refractivity contribution in [2.75, 3.05) is 25.5 Å². The molecule has 1 saturated heterocycles. The number of carbonyl (C=O) groups is 1. The lowest BCUT2D eigenvalue weighted by Gasteiger charge is -2.52. The Morgan fingerprint density at radius 2 is 1.90 bits per heavy atom. The number of hydrogen-bond donors (Lipinski definition) is 2. The van der Waals surface area contributed by atoms with Gasteiger partial charge in [-0.05, 0) is 49.1 Å². The number of carbonyl (C=O) groups excluding carboxylic acids is 1. The Hall–Kier alpha value is -2.37. The zero-order chi connectivity index (χ0) is 20.3. The maximum Gasteiger partial charge on any atom is 0.238 e. The third-order valence-corrected chi connectivity index (χ3v) is 6.53. The fourth-order valence-electron chi connectivity index (χ4n) is 5.07. The van der Waals surface area contributed by atoms with Gasteiger partial charge in [-0.3, -0.25) is 9.69 Å². The Bertz CT molecular complexity index is 824. The summed E-state index contributed by atoms with van der Waals surface area (Å²) < 4.78 is 5.31. The number of rotatable bonds is 5. The van der Waals surface area contributed by atoms with E-state index in [2.05, 4.69) is 22.3 Å². The van der Waals surface area contributed by atoms with Crippen LogP contribution in [0, 0.1) is 5.92 Å². The number of methoxy groups -OCH3 is 1. The number of ether oxygens (including phenoxy) is 1. The molecule has 0 radical (unpaired) electrons. The number of para-hydroxylation sites is 1. The van der Waals surface area contributed by atoms with Crippen LogP contribution in [0.3, 0.4) is 0 Å². The number of hydrogen-bond acceptors (Lipinski definition) is 4. The summed E-state index contributed by atoms with van der Waals surface area (Å²) in [4.78, 5) is 15.0. The van der Waals surface area contributed by atoms with Gasteiger partial charge in [0.25, 0.3) is 0 Å². The second-order valence-corrected chi connectivity index (χ2v) is 8.31. The van der Waals surface area contributed by atoms with Gasteiger partial charge < -0.3 is 15.2 Å².